The van der Waals surface area contributed by atoms with Crippen molar-refractivity contribution in [3.63, 3.8) is 0 Å². The van der Waals surface area contributed by atoms with Crippen LogP contribution in [0.1, 0.15) is 23.0 Å². The van der Waals surface area contributed by atoms with Crippen LogP contribution in [-0.4, -0.2) is 22.4 Å². The molecule has 2 aromatic carbocycles. The zero-order chi connectivity index (χ0) is 19.2. The molecule has 0 unspecified atom stereocenters. The van der Waals surface area contributed by atoms with Gasteiger partial charge in [0.15, 0.2) is 5.78 Å². The first kappa shape index (κ1) is 19.2. The number of oxazole rings is 1. The Hall–Kier alpha value is -2.57. The van der Waals surface area contributed by atoms with Crippen LogP contribution < -0.4 is 5.32 Å². The molecule has 1 N–H and O–H groups in total. The molecule has 0 fully saturated rings. The minimum atomic E-state index is -0.137. The van der Waals surface area contributed by atoms with E-state index in [1.54, 1.807) is 42.7 Å². The summed E-state index contributed by atoms with van der Waals surface area (Å²) in [7, 11) is 0. The van der Waals surface area contributed by atoms with Crippen LogP contribution in [0.25, 0.3) is 11.5 Å². The van der Waals surface area contributed by atoms with Gasteiger partial charge in [-0.1, -0.05) is 23.7 Å². The standard InChI is InChI=1S/C20H17ClN2O3S/c1-13(24)15-3-2-4-17(9-15)22-19(25)12-27-11-18-10-26-20(23-18)14-5-7-16(21)8-6-14/h2-10H,11-12H2,1H3,(H,22,25). The van der Waals surface area contributed by atoms with Gasteiger partial charge < -0.3 is 9.73 Å². The van der Waals surface area contributed by atoms with Gasteiger partial charge in [0, 0.05) is 27.6 Å². The Kier molecular flexibility index (Phi) is 6.32. The van der Waals surface area contributed by atoms with Gasteiger partial charge in [0.1, 0.15) is 6.26 Å². The maximum absolute atomic E-state index is 12.1. The number of nitrogens with zero attached hydrogens (tertiary/aromatic N) is 1. The lowest BCUT2D eigenvalue weighted by atomic mass is 10.1. The number of nitrogens with one attached hydrogen (secondary N) is 1. The van der Waals surface area contributed by atoms with Crippen molar-refractivity contribution in [3.8, 4) is 11.5 Å². The third-order valence-electron chi connectivity index (χ3n) is 3.68. The molecule has 1 heterocycles. The van der Waals surface area contributed by atoms with E-state index in [0.717, 1.165) is 11.3 Å². The molecule has 0 saturated carbocycles. The number of ketones is 1. The molecule has 138 valence electrons. The normalized spacial score (nSPS) is 10.6. The van der Waals surface area contributed by atoms with Crippen molar-refractivity contribution < 1.29 is 14.0 Å². The largest absolute Gasteiger partial charge is 0.444 e. The highest BCUT2D eigenvalue weighted by Gasteiger charge is 2.09. The van der Waals surface area contributed by atoms with E-state index in [0.29, 0.717) is 27.9 Å². The summed E-state index contributed by atoms with van der Waals surface area (Å²) in [5, 5.41) is 3.45. The molecule has 7 heteroatoms. The van der Waals surface area contributed by atoms with Crippen LogP contribution in [-0.2, 0) is 10.5 Å². The van der Waals surface area contributed by atoms with Gasteiger partial charge in [0.25, 0.3) is 0 Å². The topological polar surface area (TPSA) is 72.2 Å². The number of rotatable bonds is 7. The fraction of sp³-hybridized carbons (Fsp3) is 0.150. The number of anilines is 1. The van der Waals surface area contributed by atoms with E-state index >= 15 is 0 Å². The van der Waals surface area contributed by atoms with E-state index in [1.807, 2.05) is 12.1 Å². The van der Waals surface area contributed by atoms with Gasteiger partial charge in [-0.05, 0) is 43.3 Å². The highest BCUT2D eigenvalue weighted by molar-refractivity contribution is 7.99. The molecule has 0 aliphatic heterocycles. The van der Waals surface area contributed by atoms with Gasteiger partial charge in [-0.2, -0.15) is 0 Å². The Morgan fingerprint density at radius 3 is 2.70 bits per heavy atom. The molecule has 5 nitrogen and oxygen atoms in total. The van der Waals surface area contributed by atoms with E-state index in [4.69, 9.17) is 16.0 Å². The number of benzene rings is 2. The lowest BCUT2D eigenvalue weighted by Gasteiger charge is -2.05. The maximum atomic E-state index is 12.1. The van der Waals surface area contributed by atoms with Crippen molar-refractivity contribution in [1.82, 2.24) is 4.98 Å². The van der Waals surface area contributed by atoms with Crippen LogP contribution in [0, 0.1) is 0 Å². The average molecular weight is 401 g/mol. The second kappa shape index (κ2) is 8.88. The third kappa shape index (κ3) is 5.45. The summed E-state index contributed by atoms with van der Waals surface area (Å²) in [6.07, 6.45) is 1.59. The first-order chi connectivity index (χ1) is 13.0. The molecule has 0 atom stereocenters. The van der Waals surface area contributed by atoms with Crippen molar-refractivity contribution in [2.24, 2.45) is 0 Å². The molecule has 0 aliphatic carbocycles. The van der Waals surface area contributed by atoms with E-state index in [9.17, 15) is 9.59 Å². The van der Waals surface area contributed by atoms with E-state index in [2.05, 4.69) is 10.3 Å². The molecule has 0 spiro atoms. The first-order valence-corrected chi connectivity index (χ1v) is 9.73. The first-order valence-electron chi connectivity index (χ1n) is 8.20. The molecule has 0 saturated heterocycles. The van der Waals surface area contributed by atoms with Crippen molar-refractivity contribution >= 4 is 40.7 Å². The molecule has 3 aromatic rings. The molecule has 27 heavy (non-hydrogen) atoms. The van der Waals surface area contributed by atoms with Gasteiger partial charge in [-0.25, -0.2) is 4.98 Å². The van der Waals surface area contributed by atoms with Gasteiger partial charge in [-0.15, -0.1) is 11.8 Å². The Morgan fingerprint density at radius 1 is 1.19 bits per heavy atom. The number of amides is 1. The van der Waals surface area contributed by atoms with Gasteiger partial charge in [0.2, 0.25) is 11.8 Å². The average Bonchev–Trinajstić information content (AvgIpc) is 3.11. The van der Waals surface area contributed by atoms with Crippen molar-refractivity contribution in [1.29, 1.82) is 0 Å². The Bertz CT molecular complexity index is 954. The summed E-state index contributed by atoms with van der Waals surface area (Å²) in [6, 6.07) is 14.1. The Morgan fingerprint density at radius 2 is 1.96 bits per heavy atom. The molecule has 1 amide bonds. The molecule has 0 radical (unpaired) electrons. The van der Waals surface area contributed by atoms with Crippen molar-refractivity contribution in [3.05, 3.63) is 71.1 Å². The number of hydrogen-bond donors (Lipinski definition) is 1. The molecular weight excluding hydrogens is 384 g/mol. The van der Waals surface area contributed by atoms with E-state index in [-0.39, 0.29) is 17.4 Å². The predicted molar refractivity (Wildman–Crippen MR) is 108 cm³/mol. The monoisotopic (exact) mass is 400 g/mol. The minimum absolute atomic E-state index is 0.0389. The Labute approximate surface area is 166 Å². The van der Waals surface area contributed by atoms with Crippen LogP contribution in [0.4, 0.5) is 5.69 Å². The second-order valence-electron chi connectivity index (χ2n) is 5.83. The zero-order valence-electron chi connectivity index (χ0n) is 14.6. The maximum Gasteiger partial charge on any atom is 0.234 e. The summed E-state index contributed by atoms with van der Waals surface area (Å²) in [5.41, 5.74) is 2.78. The van der Waals surface area contributed by atoms with Gasteiger partial charge in [-0.3, -0.25) is 9.59 Å². The molecule has 3 rings (SSSR count). The molecule has 1 aromatic heterocycles. The van der Waals surface area contributed by atoms with Crippen LogP contribution in [0.15, 0.2) is 59.2 Å². The summed E-state index contributed by atoms with van der Waals surface area (Å²) in [5.74, 6) is 1.17. The number of carbonyl (C=O) groups excluding carboxylic acids is 2. The van der Waals surface area contributed by atoms with E-state index < -0.39 is 0 Å². The van der Waals surface area contributed by atoms with Gasteiger partial charge in [0.05, 0.1) is 11.4 Å². The van der Waals surface area contributed by atoms with Gasteiger partial charge >= 0.3 is 0 Å². The predicted octanol–water partition coefficient (Wildman–Crippen LogP) is 5.07. The Balaban J connectivity index is 1.50. The molecule has 0 bridgehead atoms. The third-order valence-corrected chi connectivity index (χ3v) is 4.90. The summed E-state index contributed by atoms with van der Waals surface area (Å²) < 4.78 is 5.48. The van der Waals surface area contributed by atoms with Crippen molar-refractivity contribution in [2.45, 2.75) is 12.7 Å². The molecule has 0 aliphatic rings. The summed E-state index contributed by atoms with van der Waals surface area (Å²) in [6.45, 7) is 1.49. The SMILES string of the molecule is CC(=O)c1cccc(NC(=O)CSCc2coc(-c3ccc(Cl)cc3)n2)c1. The number of hydrogen-bond acceptors (Lipinski definition) is 5. The number of thioether (sulfide) groups is 1. The number of halogens is 1. The lowest BCUT2D eigenvalue weighted by Crippen LogP contribution is -2.14. The second-order valence-corrected chi connectivity index (χ2v) is 7.25. The minimum Gasteiger partial charge on any atom is -0.444 e. The quantitative estimate of drug-likeness (QED) is 0.560. The van der Waals surface area contributed by atoms with Crippen molar-refractivity contribution in [2.75, 3.05) is 11.1 Å². The fourth-order valence-electron chi connectivity index (χ4n) is 2.36. The van der Waals surface area contributed by atoms with Crippen LogP contribution >= 0.6 is 23.4 Å². The summed E-state index contributed by atoms with van der Waals surface area (Å²) >= 11 is 7.31. The number of carbonyl (C=O) groups is 2. The fourth-order valence-corrected chi connectivity index (χ4v) is 3.19. The summed E-state index contributed by atoms with van der Waals surface area (Å²) in [4.78, 5) is 27.9. The zero-order valence-corrected chi connectivity index (χ0v) is 16.1. The molecular formula is C20H17ClN2O3S. The van der Waals surface area contributed by atoms with Crippen LogP contribution in [0.2, 0.25) is 5.02 Å². The number of Topliss-reactive ketones (excluding diaryl/α,β-unsaturated/α-hetero) is 1. The number of aromatic nitrogens is 1. The lowest BCUT2D eigenvalue weighted by molar-refractivity contribution is -0.113. The van der Waals surface area contributed by atoms with Crippen LogP contribution in [0.5, 0.6) is 0 Å². The smallest absolute Gasteiger partial charge is 0.234 e. The van der Waals surface area contributed by atoms with Crippen LogP contribution in [0.3, 0.4) is 0 Å². The highest BCUT2D eigenvalue weighted by atomic mass is 35.5. The van der Waals surface area contributed by atoms with E-state index in [1.165, 1.54) is 18.7 Å². The highest BCUT2D eigenvalue weighted by Crippen LogP contribution is 2.22.